The summed E-state index contributed by atoms with van der Waals surface area (Å²) >= 11 is 0. The van der Waals surface area contributed by atoms with Crippen LogP contribution >= 0.6 is 0 Å². The summed E-state index contributed by atoms with van der Waals surface area (Å²) in [5, 5.41) is 10.3. The number of fused-ring (bicyclic) bond motifs is 1. The summed E-state index contributed by atoms with van der Waals surface area (Å²) in [6, 6.07) is 7.40. The minimum atomic E-state index is -1.58. The van der Waals surface area contributed by atoms with E-state index in [9.17, 15) is 9.00 Å². The highest BCUT2D eigenvalue weighted by Crippen LogP contribution is 2.31. The molecule has 0 saturated heterocycles. The summed E-state index contributed by atoms with van der Waals surface area (Å²) in [6.45, 7) is 5.77. The molecule has 4 rings (SSSR count). The third-order valence-corrected chi connectivity index (χ3v) is 5.78. The molecular weight excluding hydrogens is 428 g/mol. The first-order valence-corrected chi connectivity index (χ1v) is 12.0. The number of rotatable bonds is 3. The monoisotopic (exact) mass is 460 g/mol. The lowest BCUT2D eigenvalue weighted by molar-refractivity contribution is 0.163. The van der Waals surface area contributed by atoms with Crippen molar-refractivity contribution in [3.63, 3.8) is 0 Å². The van der Waals surface area contributed by atoms with Crippen LogP contribution in [-0.4, -0.2) is 27.0 Å². The average molecular weight is 461 g/mol. The molecule has 0 aliphatic heterocycles. The first-order valence-electron chi connectivity index (χ1n) is 10.8. The summed E-state index contributed by atoms with van der Waals surface area (Å²) in [6.07, 6.45) is 9.99. The fourth-order valence-corrected chi connectivity index (χ4v) is 4.19. The molecule has 0 radical (unpaired) electrons. The van der Waals surface area contributed by atoms with Crippen molar-refractivity contribution in [2.75, 3.05) is 6.61 Å². The van der Waals surface area contributed by atoms with Gasteiger partial charge in [-0.3, -0.25) is 4.98 Å². The second kappa shape index (κ2) is 12.9. The number of aromatic nitrogens is 2. The number of aryl methyl sites for hydroxylation is 2. The van der Waals surface area contributed by atoms with Gasteiger partial charge in [0.25, 0.3) is 0 Å². The maximum absolute atomic E-state index is 11.8. The van der Waals surface area contributed by atoms with E-state index in [1.807, 2.05) is 32.0 Å². The number of pyridine rings is 1. The number of amides is 1. The Morgan fingerprint density at radius 1 is 1.16 bits per heavy atom. The van der Waals surface area contributed by atoms with Gasteiger partial charge in [0.2, 0.25) is 0 Å². The van der Waals surface area contributed by atoms with Crippen molar-refractivity contribution in [2.45, 2.75) is 64.2 Å². The Bertz CT molecular complexity index is 1020. The van der Waals surface area contributed by atoms with Gasteiger partial charge in [0.1, 0.15) is 16.7 Å². The largest absolute Gasteiger partial charge is 0.450 e. The lowest BCUT2D eigenvalue weighted by Gasteiger charge is -2.07. The van der Waals surface area contributed by atoms with Gasteiger partial charge in [-0.15, -0.1) is 0 Å². The number of primary amides is 1. The molecule has 3 aromatic rings. The highest BCUT2D eigenvalue weighted by atomic mass is 32.2. The van der Waals surface area contributed by atoms with E-state index in [2.05, 4.69) is 20.6 Å². The molecule has 1 saturated carbocycles. The Hall–Kier alpha value is -2.78. The normalized spacial score (nSPS) is 13.9. The predicted octanol–water partition coefficient (Wildman–Crippen LogP) is 4.93. The van der Waals surface area contributed by atoms with Crippen LogP contribution in [0.5, 0.6) is 0 Å². The smallest absolute Gasteiger partial charge is 0.404 e. The molecule has 4 N–H and O–H groups in total. The molecule has 9 heteroatoms. The molecule has 174 valence electrons. The molecule has 1 aromatic carbocycles. The van der Waals surface area contributed by atoms with Crippen molar-refractivity contribution in [3.8, 4) is 11.1 Å². The topological polar surface area (TPSA) is 134 Å². The van der Waals surface area contributed by atoms with Crippen molar-refractivity contribution >= 4 is 28.0 Å². The summed E-state index contributed by atoms with van der Waals surface area (Å²) in [5.41, 5.74) is 7.83. The average Bonchev–Trinajstić information content (AvgIpc) is 3.13. The Labute approximate surface area is 191 Å². The lowest BCUT2D eigenvalue weighted by atomic mass is 10.0. The van der Waals surface area contributed by atoms with E-state index in [-0.39, 0.29) is 0 Å². The SMILES string of the molecule is C1CCCCC1.CCOC(N)=O.Cc1noc(C)c1-c1cc(S(N)=O)c2cccnc2c1. The van der Waals surface area contributed by atoms with Crippen LogP contribution < -0.4 is 10.9 Å². The molecule has 1 aliphatic carbocycles. The third kappa shape index (κ3) is 7.42. The second-order valence-electron chi connectivity index (χ2n) is 7.41. The van der Waals surface area contributed by atoms with Crippen molar-refractivity contribution in [1.29, 1.82) is 0 Å². The zero-order valence-electron chi connectivity index (χ0n) is 18.9. The van der Waals surface area contributed by atoms with E-state index in [4.69, 9.17) is 9.66 Å². The van der Waals surface area contributed by atoms with Crippen molar-refractivity contribution in [3.05, 3.63) is 41.9 Å². The van der Waals surface area contributed by atoms with Gasteiger partial charge in [0, 0.05) is 17.1 Å². The van der Waals surface area contributed by atoms with E-state index in [1.165, 1.54) is 38.5 Å². The van der Waals surface area contributed by atoms with Crippen LogP contribution in [0.4, 0.5) is 4.79 Å². The molecule has 2 aromatic heterocycles. The van der Waals surface area contributed by atoms with Crippen LogP contribution in [0.15, 0.2) is 39.9 Å². The number of ether oxygens (including phenoxy) is 1. The highest BCUT2D eigenvalue weighted by Gasteiger charge is 2.15. The van der Waals surface area contributed by atoms with Gasteiger partial charge in [0.15, 0.2) is 0 Å². The lowest BCUT2D eigenvalue weighted by Crippen LogP contribution is -2.11. The molecule has 0 spiro atoms. The van der Waals surface area contributed by atoms with E-state index < -0.39 is 17.1 Å². The quantitative estimate of drug-likeness (QED) is 0.569. The van der Waals surface area contributed by atoms with Crippen molar-refractivity contribution in [2.24, 2.45) is 10.9 Å². The molecule has 1 atom stereocenters. The van der Waals surface area contributed by atoms with Gasteiger partial charge in [-0.05, 0) is 44.5 Å². The predicted molar refractivity (Wildman–Crippen MR) is 126 cm³/mol. The molecule has 1 fully saturated rings. The fraction of sp³-hybridized carbons (Fsp3) is 0.435. The van der Waals surface area contributed by atoms with Crippen LogP contribution in [0, 0.1) is 13.8 Å². The standard InChI is InChI=1S/C14H13N3O2S.C6H12.C3H7NO2/c1-8-14(9(2)19-17-8)10-6-12-11(4-3-5-16-12)13(7-10)20(15)18;1-2-4-6-5-3-1;1-2-6-3(4)5/h3-7H,15H2,1-2H3;1-6H2;2H2,1H3,(H2,4,5). The zero-order valence-corrected chi connectivity index (χ0v) is 19.7. The number of carbonyl (C=O) groups is 1. The number of hydrogen-bond acceptors (Lipinski definition) is 6. The van der Waals surface area contributed by atoms with Gasteiger partial charge in [-0.2, -0.15) is 0 Å². The number of hydrogen-bond donors (Lipinski definition) is 2. The van der Waals surface area contributed by atoms with Gasteiger partial charge in [0.05, 0.1) is 22.7 Å². The van der Waals surface area contributed by atoms with E-state index in [0.717, 1.165) is 27.7 Å². The fourth-order valence-electron chi connectivity index (χ4n) is 3.56. The molecule has 32 heavy (non-hydrogen) atoms. The Balaban J connectivity index is 0.000000248. The van der Waals surface area contributed by atoms with E-state index >= 15 is 0 Å². The van der Waals surface area contributed by atoms with Crippen molar-refractivity contribution in [1.82, 2.24) is 10.1 Å². The van der Waals surface area contributed by atoms with Crippen LogP contribution in [0.25, 0.3) is 22.0 Å². The van der Waals surface area contributed by atoms with Gasteiger partial charge < -0.3 is 15.0 Å². The molecular formula is C23H32N4O4S. The zero-order chi connectivity index (χ0) is 23.5. The molecule has 1 unspecified atom stereocenters. The van der Waals surface area contributed by atoms with Crippen LogP contribution in [0.2, 0.25) is 0 Å². The minimum Gasteiger partial charge on any atom is -0.450 e. The minimum absolute atomic E-state index is 0.356. The maximum Gasteiger partial charge on any atom is 0.404 e. The summed E-state index contributed by atoms with van der Waals surface area (Å²) in [5.74, 6) is 0.714. The number of benzene rings is 1. The Morgan fingerprint density at radius 2 is 1.78 bits per heavy atom. The number of carbonyl (C=O) groups excluding carboxylic acids is 1. The molecule has 2 heterocycles. The van der Waals surface area contributed by atoms with E-state index in [0.29, 0.717) is 17.3 Å². The van der Waals surface area contributed by atoms with Gasteiger partial charge >= 0.3 is 6.09 Å². The van der Waals surface area contributed by atoms with Crippen LogP contribution in [-0.2, 0) is 15.7 Å². The first-order chi connectivity index (χ1) is 15.3. The summed E-state index contributed by atoms with van der Waals surface area (Å²) < 4.78 is 21.1. The molecule has 1 amide bonds. The summed E-state index contributed by atoms with van der Waals surface area (Å²) in [7, 11) is -1.58. The number of nitrogens with two attached hydrogens (primary N) is 2. The summed E-state index contributed by atoms with van der Waals surface area (Å²) in [4.78, 5) is 14.5. The van der Waals surface area contributed by atoms with E-state index in [1.54, 1.807) is 19.2 Å². The Kier molecular flexibility index (Phi) is 10.3. The molecule has 0 bridgehead atoms. The first kappa shape index (κ1) is 25.5. The molecule has 8 nitrogen and oxygen atoms in total. The third-order valence-electron chi connectivity index (χ3n) is 5.01. The van der Waals surface area contributed by atoms with Crippen LogP contribution in [0.1, 0.15) is 56.9 Å². The highest BCUT2D eigenvalue weighted by molar-refractivity contribution is 7.83. The molecule has 1 aliphatic rings. The second-order valence-corrected chi connectivity index (χ2v) is 8.45. The van der Waals surface area contributed by atoms with Crippen LogP contribution in [0.3, 0.4) is 0 Å². The van der Waals surface area contributed by atoms with Gasteiger partial charge in [-0.25, -0.2) is 14.1 Å². The number of nitrogens with zero attached hydrogens (tertiary/aromatic N) is 2. The van der Waals surface area contributed by atoms with Gasteiger partial charge in [-0.1, -0.05) is 49.7 Å². The maximum atomic E-state index is 11.8. The Morgan fingerprint density at radius 3 is 2.22 bits per heavy atom. The van der Waals surface area contributed by atoms with Crippen molar-refractivity contribution < 1.29 is 18.3 Å².